The standard InChI is InChI=1S/C15H28OSi2/c1-17(2,3)15(16,18(4,5)6)13-12-14-10-8-7-9-11-14/h7-11,16H,12-13H2,1-6H3. The quantitative estimate of drug-likeness (QED) is 0.805. The SMILES string of the molecule is C[Si](C)(C)C(O)(CCc1ccccc1)[Si](C)(C)C. The van der Waals surface area contributed by atoms with Gasteiger partial charge in [-0.1, -0.05) is 69.6 Å². The second-order valence-corrected chi connectivity index (χ2v) is 18.5. The third-order valence-electron chi connectivity index (χ3n) is 4.10. The zero-order valence-electron chi connectivity index (χ0n) is 12.7. The number of aliphatic hydroxyl groups is 1. The summed E-state index contributed by atoms with van der Waals surface area (Å²) < 4.78 is 0. The van der Waals surface area contributed by atoms with Crippen molar-refractivity contribution < 1.29 is 5.11 Å². The third kappa shape index (κ3) is 3.34. The van der Waals surface area contributed by atoms with E-state index in [4.69, 9.17) is 0 Å². The second-order valence-electron chi connectivity index (χ2n) is 7.35. The number of rotatable bonds is 5. The molecule has 0 aliphatic rings. The summed E-state index contributed by atoms with van der Waals surface area (Å²) in [5, 5.41) is 11.3. The predicted octanol–water partition coefficient (Wildman–Crippen LogP) is 4.11. The van der Waals surface area contributed by atoms with Gasteiger partial charge in [-0.3, -0.25) is 0 Å². The zero-order chi connectivity index (χ0) is 14.0. The molecule has 18 heavy (non-hydrogen) atoms. The van der Waals surface area contributed by atoms with Gasteiger partial charge in [-0.05, 0) is 18.4 Å². The largest absolute Gasteiger partial charge is 0.397 e. The lowest BCUT2D eigenvalue weighted by atomic mass is 10.1. The van der Waals surface area contributed by atoms with E-state index in [1.807, 2.05) is 6.07 Å². The maximum Gasteiger partial charge on any atom is 0.0779 e. The molecule has 0 fully saturated rings. The van der Waals surface area contributed by atoms with E-state index in [0.717, 1.165) is 12.8 Å². The molecule has 0 saturated heterocycles. The van der Waals surface area contributed by atoms with E-state index in [2.05, 4.69) is 63.5 Å². The Morgan fingerprint density at radius 3 is 1.72 bits per heavy atom. The number of benzene rings is 1. The molecule has 1 rings (SSSR count). The van der Waals surface area contributed by atoms with Gasteiger partial charge in [0, 0.05) is 4.85 Å². The average Bonchev–Trinajstić information content (AvgIpc) is 2.24. The van der Waals surface area contributed by atoms with Crippen molar-refractivity contribution in [1.29, 1.82) is 0 Å². The van der Waals surface area contributed by atoms with Gasteiger partial charge in [-0.2, -0.15) is 0 Å². The van der Waals surface area contributed by atoms with E-state index in [-0.39, 0.29) is 0 Å². The molecule has 1 aromatic carbocycles. The summed E-state index contributed by atoms with van der Waals surface area (Å²) in [6.45, 7) is 13.8. The van der Waals surface area contributed by atoms with Crippen LogP contribution in [0, 0.1) is 0 Å². The smallest absolute Gasteiger partial charge is 0.0779 e. The summed E-state index contributed by atoms with van der Waals surface area (Å²) in [4.78, 5) is -0.393. The van der Waals surface area contributed by atoms with Crippen LogP contribution in [0.1, 0.15) is 12.0 Å². The van der Waals surface area contributed by atoms with Crippen molar-refractivity contribution in [1.82, 2.24) is 0 Å². The van der Waals surface area contributed by atoms with Crippen LogP contribution in [0.3, 0.4) is 0 Å². The molecule has 0 aliphatic carbocycles. The highest BCUT2D eigenvalue weighted by Crippen LogP contribution is 2.34. The lowest BCUT2D eigenvalue weighted by Gasteiger charge is -2.48. The molecule has 1 aromatic rings. The van der Waals surface area contributed by atoms with E-state index in [1.165, 1.54) is 5.56 Å². The van der Waals surface area contributed by atoms with Gasteiger partial charge in [-0.15, -0.1) is 0 Å². The number of hydrogen-bond donors (Lipinski definition) is 1. The van der Waals surface area contributed by atoms with Crippen LogP contribution in [0.15, 0.2) is 30.3 Å². The maximum absolute atomic E-state index is 11.3. The van der Waals surface area contributed by atoms with Crippen LogP contribution < -0.4 is 0 Å². The molecular formula is C15H28OSi2. The van der Waals surface area contributed by atoms with Gasteiger partial charge >= 0.3 is 0 Å². The summed E-state index contributed by atoms with van der Waals surface area (Å²) in [6.07, 6.45) is 1.91. The molecule has 0 aromatic heterocycles. The van der Waals surface area contributed by atoms with Gasteiger partial charge < -0.3 is 5.11 Å². The molecule has 0 saturated carbocycles. The Labute approximate surface area is 114 Å². The Bertz CT molecular complexity index is 360. The number of aryl methyl sites for hydroxylation is 1. The summed E-state index contributed by atoms with van der Waals surface area (Å²) in [5.41, 5.74) is 1.34. The van der Waals surface area contributed by atoms with Crippen molar-refractivity contribution in [2.45, 2.75) is 57.0 Å². The Morgan fingerprint density at radius 2 is 1.33 bits per heavy atom. The molecule has 0 bridgehead atoms. The third-order valence-corrected chi connectivity index (χ3v) is 14.1. The summed E-state index contributed by atoms with van der Waals surface area (Å²) in [6, 6.07) is 10.5. The van der Waals surface area contributed by atoms with Gasteiger partial charge in [-0.25, -0.2) is 0 Å². The van der Waals surface area contributed by atoms with Crippen LogP contribution in [0.4, 0.5) is 0 Å². The minimum absolute atomic E-state index is 0.393. The average molecular weight is 281 g/mol. The van der Waals surface area contributed by atoms with Crippen LogP contribution in [-0.2, 0) is 6.42 Å². The first-order valence-electron chi connectivity index (χ1n) is 6.84. The molecule has 1 N–H and O–H groups in total. The van der Waals surface area contributed by atoms with Gasteiger partial charge in [0.15, 0.2) is 0 Å². The summed E-state index contributed by atoms with van der Waals surface area (Å²) in [7, 11) is -3.17. The van der Waals surface area contributed by atoms with Gasteiger partial charge in [0.1, 0.15) is 0 Å². The van der Waals surface area contributed by atoms with E-state index in [0.29, 0.717) is 0 Å². The Balaban J connectivity index is 2.89. The molecule has 0 heterocycles. The molecule has 0 radical (unpaired) electrons. The summed E-state index contributed by atoms with van der Waals surface area (Å²) in [5.74, 6) is 0. The molecule has 0 atom stereocenters. The minimum atomic E-state index is -1.58. The molecule has 0 aliphatic heterocycles. The van der Waals surface area contributed by atoms with E-state index >= 15 is 0 Å². The van der Waals surface area contributed by atoms with Crippen molar-refractivity contribution in [3.8, 4) is 0 Å². The van der Waals surface area contributed by atoms with Crippen molar-refractivity contribution in [3.63, 3.8) is 0 Å². The Morgan fingerprint density at radius 1 is 0.889 bits per heavy atom. The minimum Gasteiger partial charge on any atom is -0.397 e. The molecule has 1 nitrogen and oxygen atoms in total. The van der Waals surface area contributed by atoms with Gasteiger partial charge in [0.05, 0.1) is 16.1 Å². The Kier molecular flexibility index (Phi) is 4.62. The van der Waals surface area contributed by atoms with Crippen LogP contribution in [0.2, 0.25) is 39.3 Å². The highest BCUT2D eigenvalue weighted by molar-refractivity contribution is 6.98. The first-order valence-corrected chi connectivity index (χ1v) is 13.8. The normalized spacial score (nSPS) is 13.7. The van der Waals surface area contributed by atoms with Crippen molar-refractivity contribution in [3.05, 3.63) is 35.9 Å². The molecule has 3 heteroatoms. The lowest BCUT2D eigenvalue weighted by molar-refractivity contribution is 0.178. The van der Waals surface area contributed by atoms with Crippen LogP contribution in [0.5, 0.6) is 0 Å². The fraction of sp³-hybridized carbons (Fsp3) is 0.600. The first-order chi connectivity index (χ1) is 8.08. The highest BCUT2D eigenvalue weighted by atomic mass is 28.4. The van der Waals surface area contributed by atoms with E-state index < -0.39 is 21.0 Å². The van der Waals surface area contributed by atoms with Crippen molar-refractivity contribution in [2.75, 3.05) is 0 Å². The van der Waals surface area contributed by atoms with Gasteiger partial charge in [0.2, 0.25) is 0 Å². The molecule has 102 valence electrons. The lowest BCUT2D eigenvalue weighted by Crippen LogP contribution is -2.66. The second kappa shape index (κ2) is 5.31. The highest BCUT2D eigenvalue weighted by Gasteiger charge is 2.50. The van der Waals surface area contributed by atoms with Crippen molar-refractivity contribution >= 4 is 16.1 Å². The van der Waals surface area contributed by atoms with Crippen LogP contribution >= 0.6 is 0 Å². The topological polar surface area (TPSA) is 20.2 Å². The van der Waals surface area contributed by atoms with E-state index in [9.17, 15) is 5.11 Å². The molecule has 0 spiro atoms. The Hall–Kier alpha value is -0.386. The number of hydrogen-bond acceptors (Lipinski definition) is 1. The van der Waals surface area contributed by atoms with E-state index in [1.54, 1.807) is 0 Å². The zero-order valence-corrected chi connectivity index (χ0v) is 14.7. The van der Waals surface area contributed by atoms with Crippen LogP contribution in [0.25, 0.3) is 0 Å². The van der Waals surface area contributed by atoms with Crippen LogP contribution in [-0.4, -0.2) is 26.1 Å². The van der Waals surface area contributed by atoms with Gasteiger partial charge in [0.25, 0.3) is 0 Å². The molecule has 0 unspecified atom stereocenters. The fourth-order valence-electron chi connectivity index (χ4n) is 2.84. The fourth-order valence-corrected chi connectivity index (χ4v) is 13.6. The molecule has 0 amide bonds. The maximum atomic E-state index is 11.3. The predicted molar refractivity (Wildman–Crippen MR) is 86.4 cm³/mol. The summed E-state index contributed by atoms with van der Waals surface area (Å²) >= 11 is 0. The molecular weight excluding hydrogens is 252 g/mol. The first kappa shape index (κ1) is 15.7. The van der Waals surface area contributed by atoms with Crippen molar-refractivity contribution in [2.24, 2.45) is 0 Å². The monoisotopic (exact) mass is 280 g/mol.